The van der Waals surface area contributed by atoms with Crippen molar-refractivity contribution in [3.05, 3.63) is 77.9 Å². The van der Waals surface area contributed by atoms with E-state index >= 15 is 0 Å². The van der Waals surface area contributed by atoms with Crippen LogP contribution in [0.1, 0.15) is 17.2 Å². The van der Waals surface area contributed by atoms with E-state index in [0.29, 0.717) is 0 Å². The van der Waals surface area contributed by atoms with Crippen molar-refractivity contribution < 1.29 is 4.39 Å². The first-order valence-corrected chi connectivity index (χ1v) is 6.09. The maximum absolute atomic E-state index is 13.0. The first-order chi connectivity index (χ1) is 9.25. The zero-order chi connectivity index (χ0) is 13.2. The third kappa shape index (κ3) is 2.20. The summed E-state index contributed by atoms with van der Waals surface area (Å²) in [6.07, 6.45) is 3.57. The van der Waals surface area contributed by atoms with Gasteiger partial charge >= 0.3 is 0 Å². The van der Waals surface area contributed by atoms with Gasteiger partial charge in [0.25, 0.3) is 0 Å². The number of hydrogen-bond acceptors (Lipinski definition) is 2. The zero-order valence-corrected chi connectivity index (χ0v) is 10.3. The van der Waals surface area contributed by atoms with Crippen molar-refractivity contribution in [1.82, 2.24) is 4.98 Å². The van der Waals surface area contributed by atoms with Crippen molar-refractivity contribution >= 4 is 10.8 Å². The van der Waals surface area contributed by atoms with E-state index in [1.165, 1.54) is 12.1 Å². The molecule has 3 aromatic rings. The normalized spacial score (nSPS) is 12.5. The number of hydrogen-bond donors (Lipinski definition) is 1. The summed E-state index contributed by atoms with van der Waals surface area (Å²) in [5.41, 5.74) is 8.17. The quantitative estimate of drug-likeness (QED) is 0.759. The molecule has 0 fully saturated rings. The van der Waals surface area contributed by atoms with Crippen LogP contribution in [0.25, 0.3) is 10.8 Å². The van der Waals surface area contributed by atoms with Gasteiger partial charge in [0.2, 0.25) is 0 Å². The molecular formula is C16H13FN2. The zero-order valence-electron chi connectivity index (χ0n) is 10.3. The van der Waals surface area contributed by atoms with E-state index < -0.39 is 0 Å². The molecule has 0 aliphatic carbocycles. The Bertz CT molecular complexity index is 702. The van der Waals surface area contributed by atoms with Gasteiger partial charge in [-0.1, -0.05) is 30.3 Å². The molecule has 0 spiro atoms. The predicted molar refractivity (Wildman–Crippen MR) is 74.2 cm³/mol. The average molecular weight is 252 g/mol. The summed E-state index contributed by atoms with van der Waals surface area (Å²) < 4.78 is 13.0. The van der Waals surface area contributed by atoms with Crippen LogP contribution in [0.3, 0.4) is 0 Å². The van der Waals surface area contributed by atoms with Crippen molar-refractivity contribution in [2.75, 3.05) is 0 Å². The summed E-state index contributed by atoms with van der Waals surface area (Å²) in [5.74, 6) is -0.254. The minimum absolute atomic E-state index is 0.254. The molecule has 3 heteroatoms. The number of halogens is 1. The minimum atomic E-state index is -0.284. The molecule has 0 saturated carbocycles. The summed E-state index contributed by atoms with van der Waals surface area (Å²) in [6, 6.07) is 13.9. The molecule has 0 amide bonds. The first kappa shape index (κ1) is 11.8. The van der Waals surface area contributed by atoms with E-state index in [-0.39, 0.29) is 11.9 Å². The van der Waals surface area contributed by atoms with Gasteiger partial charge in [0.15, 0.2) is 0 Å². The number of aromatic nitrogens is 1. The van der Waals surface area contributed by atoms with Gasteiger partial charge in [-0.3, -0.25) is 4.98 Å². The standard InChI is InChI=1S/C16H13FN2/c17-13-6-4-12(5-7-13)16(18)14-3-1-2-11-8-9-19-10-15(11)14/h1-10,16H,18H2. The molecule has 0 saturated heterocycles. The Labute approximate surface area is 110 Å². The lowest BCUT2D eigenvalue weighted by Crippen LogP contribution is -2.12. The molecule has 2 nitrogen and oxygen atoms in total. The highest BCUT2D eigenvalue weighted by Crippen LogP contribution is 2.26. The van der Waals surface area contributed by atoms with Crippen LogP contribution in [-0.4, -0.2) is 4.98 Å². The maximum Gasteiger partial charge on any atom is 0.123 e. The van der Waals surface area contributed by atoms with E-state index in [4.69, 9.17) is 5.73 Å². The van der Waals surface area contributed by atoms with Crippen molar-refractivity contribution in [3.8, 4) is 0 Å². The fourth-order valence-corrected chi connectivity index (χ4v) is 2.26. The van der Waals surface area contributed by atoms with Crippen LogP contribution in [0.15, 0.2) is 60.9 Å². The van der Waals surface area contributed by atoms with Gasteiger partial charge in [-0.15, -0.1) is 0 Å². The third-order valence-electron chi connectivity index (χ3n) is 3.28. The van der Waals surface area contributed by atoms with Gasteiger partial charge in [-0.25, -0.2) is 4.39 Å². The summed E-state index contributed by atoms with van der Waals surface area (Å²) >= 11 is 0. The predicted octanol–water partition coefficient (Wildman–Crippen LogP) is 3.42. The average Bonchev–Trinajstić information content (AvgIpc) is 2.47. The second kappa shape index (κ2) is 4.78. The molecule has 0 bridgehead atoms. The van der Waals surface area contributed by atoms with Crippen LogP contribution in [0, 0.1) is 5.82 Å². The second-order valence-electron chi connectivity index (χ2n) is 4.47. The first-order valence-electron chi connectivity index (χ1n) is 6.09. The molecule has 1 unspecified atom stereocenters. The molecule has 2 N–H and O–H groups in total. The maximum atomic E-state index is 13.0. The molecule has 1 aromatic heterocycles. The fraction of sp³-hybridized carbons (Fsp3) is 0.0625. The monoisotopic (exact) mass is 252 g/mol. The van der Waals surface area contributed by atoms with Crippen LogP contribution in [-0.2, 0) is 0 Å². The van der Waals surface area contributed by atoms with Crippen LogP contribution in [0.5, 0.6) is 0 Å². The van der Waals surface area contributed by atoms with Gasteiger partial charge in [0.1, 0.15) is 5.82 Å². The van der Waals surface area contributed by atoms with Crippen LogP contribution in [0.4, 0.5) is 4.39 Å². The van der Waals surface area contributed by atoms with Crippen LogP contribution in [0.2, 0.25) is 0 Å². The Hall–Kier alpha value is -2.26. The Morgan fingerprint density at radius 1 is 1.00 bits per heavy atom. The van der Waals surface area contributed by atoms with Crippen LogP contribution < -0.4 is 5.73 Å². The molecule has 0 aliphatic rings. The highest BCUT2D eigenvalue weighted by atomic mass is 19.1. The summed E-state index contributed by atoms with van der Waals surface area (Å²) in [6.45, 7) is 0. The van der Waals surface area contributed by atoms with Gasteiger partial charge in [0.05, 0.1) is 6.04 Å². The molecule has 1 atom stereocenters. The number of nitrogens with two attached hydrogens (primary N) is 1. The number of benzene rings is 2. The van der Waals surface area contributed by atoms with Crippen molar-refractivity contribution in [1.29, 1.82) is 0 Å². The molecule has 2 aromatic carbocycles. The van der Waals surface area contributed by atoms with Gasteiger partial charge < -0.3 is 5.73 Å². The molecule has 0 aliphatic heterocycles. The summed E-state index contributed by atoms with van der Waals surface area (Å²) in [7, 11) is 0. The SMILES string of the molecule is NC(c1ccc(F)cc1)c1cccc2ccncc12. The lowest BCUT2D eigenvalue weighted by atomic mass is 9.95. The van der Waals surface area contributed by atoms with Gasteiger partial charge in [0, 0.05) is 17.8 Å². The summed E-state index contributed by atoms with van der Waals surface area (Å²) in [5, 5.41) is 2.13. The number of nitrogens with zero attached hydrogens (tertiary/aromatic N) is 1. The fourth-order valence-electron chi connectivity index (χ4n) is 2.26. The highest BCUT2D eigenvalue weighted by molar-refractivity contribution is 5.85. The van der Waals surface area contributed by atoms with Crippen molar-refractivity contribution in [3.63, 3.8) is 0 Å². The minimum Gasteiger partial charge on any atom is -0.320 e. The molecule has 3 rings (SSSR count). The molecule has 1 heterocycles. The number of pyridine rings is 1. The third-order valence-corrected chi connectivity index (χ3v) is 3.28. The Kier molecular flexibility index (Phi) is 2.97. The lowest BCUT2D eigenvalue weighted by molar-refractivity contribution is 0.626. The van der Waals surface area contributed by atoms with E-state index in [9.17, 15) is 4.39 Å². The molecule has 19 heavy (non-hydrogen) atoms. The van der Waals surface area contributed by atoms with Crippen molar-refractivity contribution in [2.24, 2.45) is 5.73 Å². The topological polar surface area (TPSA) is 38.9 Å². The van der Waals surface area contributed by atoms with Crippen molar-refractivity contribution in [2.45, 2.75) is 6.04 Å². The van der Waals surface area contributed by atoms with Gasteiger partial charge in [-0.2, -0.15) is 0 Å². The summed E-state index contributed by atoms with van der Waals surface area (Å²) in [4.78, 5) is 4.15. The molecule has 94 valence electrons. The highest BCUT2D eigenvalue weighted by Gasteiger charge is 2.12. The smallest absolute Gasteiger partial charge is 0.123 e. The van der Waals surface area contributed by atoms with E-state index in [0.717, 1.165) is 21.9 Å². The second-order valence-corrected chi connectivity index (χ2v) is 4.47. The van der Waals surface area contributed by atoms with E-state index in [1.54, 1.807) is 18.3 Å². The Balaban J connectivity index is 2.11. The Morgan fingerprint density at radius 3 is 2.58 bits per heavy atom. The molecule has 0 radical (unpaired) electrons. The number of fused-ring (bicyclic) bond motifs is 1. The molecular weight excluding hydrogens is 239 g/mol. The number of rotatable bonds is 2. The van der Waals surface area contributed by atoms with E-state index in [1.807, 2.05) is 30.5 Å². The Morgan fingerprint density at radius 2 is 1.79 bits per heavy atom. The van der Waals surface area contributed by atoms with E-state index in [2.05, 4.69) is 4.98 Å². The lowest BCUT2D eigenvalue weighted by Gasteiger charge is -2.15. The van der Waals surface area contributed by atoms with Gasteiger partial charge in [-0.05, 0) is 34.7 Å². The largest absolute Gasteiger partial charge is 0.320 e. The van der Waals surface area contributed by atoms with Crippen LogP contribution >= 0.6 is 0 Å².